The summed E-state index contributed by atoms with van der Waals surface area (Å²) in [5.74, 6) is 0.0405. The molecule has 0 aromatic heterocycles. The second-order valence-corrected chi connectivity index (χ2v) is 17.0. The van der Waals surface area contributed by atoms with Crippen LogP contribution in [0.2, 0.25) is 0 Å². The normalized spacial score (nSPS) is 16.8. The highest BCUT2D eigenvalue weighted by atomic mass is 16.2. The molecule has 276 valence electrons. The molecule has 2 amide bonds. The summed E-state index contributed by atoms with van der Waals surface area (Å²) >= 11 is 0. The zero-order valence-electron chi connectivity index (χ0n) is 32.9. The minimum atomic E-state index is -0.283. The van der Waals surface area contributed by atoms with E-state index < -0.39 is 0 Å². The number of anilines is 3. The molecule has 0 fully saturated rings. The lowest BCUT2D eigenvalue weighted by molar-refractivity contribution is -0.117. The average molecular weight is 709 g/mol. The lowest BCUT2D eigenvalue weighted by Gasteiger charge is -2.44. The van der Waals surface area contributed by atoms with E-state index in [9.17, 15) is 9.59 Å². The van der Waals surface area contributed by atoms with Crippen molar-refractivity contribution >= 4 is 28.9 Å². The molecule has 2 aliphatic rings. The lowest BCUT2D eigenvalue weighted by Crippen LogP contribution is -2.46. The van der Waals surface area contributed by atoms with Gasteiger partial charge in [0, 0.05) is 59.2 Å². The largest absolute Gasteiger partial charge is 0.372 e. The maximum absolute atomic E-state index is 14.7. The molecule has 0 saturated heterocycles. The molecule has 0 radical (unpaired) electrons. The van der Waals surface area contributed by atoms with Crippen molar-refractivity contribution < 1.29 is 9.59 Å². The van der Waals surface area contributed by atoms with Crippen molar-refractivity contribution in [3.8, 4) is 0 Å². The number of aryl methyl sites for hydroxylation is 1. The number of hydrogen-bond acceptors (Lipinski definition) is 4. The molecule has 6 rings (SSSR count). The summed E-state index contributed by atoms with van der Waals surface area (Å²) in [7, 11) is 0. The molecule has 0 N–H and O–H groups in total. The molecule has 0 aliphatic carbocycles. The Hall–Kier alpha value is -5.10. The van der Waals surface area contributed by atoms with E-state index in [2.05, 4.69) is 126 Å². The summed E-state index contributed by atoms with van der Waals surface area (Å²) in [6, 6.07) is 36.8. The van der Waals surface area contributed by atoms with Gasteiger partial charge in [0.25, 0.3) is 11.8 Å². The van der Waals surface area contributed by atoms with E-state index in [0.29, 0.717) is 13.1 Å². The highest BCUT2D eigenvalue weighted by Gasteiger charge is 2.38. The zero-order chi connectivity index (χ0) is 38.0. The highest BCUT2D eigenvalue weighted by Crippen LogP contribution is 2.40. The van der Waals surface area contributed by atoms with E-state index >= 15 is 0 Å². The van der Waals surface area contributed by atoms with E-state index in [-0.39, 0.29) is 28.2 Å². The zero-order valence-corrected chi connectivity index (χ0v) is 32.9. The summed E-state index contributed by atoms with van der Waals surface area (Å²) in [6.07, 6.45) is 5.94. The third kappa shape index (κ3) is 8.59. The van der Waals surface area contributed by atoms with Crippen molar-refractivity contribution in [2.75, 3.05) is 27.8 Å². The number of amides is 2. The van der Waals surface area contributed by atoms with Crippen molar-refractivity contribution in [1.29, 1.82) is 0 Å². The van der Waals surface area contributed by atoms with Crippen LogP contribution in [0.1, 0.15) is 78.0 Å². The van der Waals surface area contributed by atoms with Gasteiger partial charge >= 0.3 is 0 Å². The highest BCUT2D eigenvalue weighted by molar-refractivity contribution is 6.07. The Bertz CT molecular complexity index is 1950. The fourth-order valence-corrected chi connectivity index (χ4v) is 7.20. The Labute approximate surface area is 317 Å². The van der Waals surface area contributed by atoms with E-state index in [1.807, 2.05) is 70.5 Å². The Kier molecular flexibility index (Phi) is 10.7. The van der Waals surface area contributed by atoms with Crippen LogP contribution < -0.4 is 14.7 Å². The fourth-order valence-electron chi connectivity index (χ4n) is 7.20. The van der Waals surface area contributed by atoms with Gasteiger partial charge in [-0.3, -0.25) is 9.59 Å². The first-order chi connectivity index (χ1) is 25.1. The molecule has 0 spiro atoms. The smallest absolute Gasteiger partial charge is 0.256 e. The first-order valence-corrected chi connectivity index (χ1v) is 19.0. The number of para-hydroxylation sites is 2. The van der Waals surface area contributed by atoms with Crippen molar-refractivity contribution in [2.24, 2.45) is 10.8 Å². The molecule has 0 atom stereocenters. The second-order valence-electron chi connectivity index (χ2n) is 17.0. The van der Waals surface area contributed by atoms with Gasteiger partial charge in [-0.2, -0.15) is 0 Å². The van der Waals surface area contributed by atoms with Crippen LogP contribution in [0.25, 0.3) is 0 Å². The van der Waals surface area contributed by atoms with Gasteiger partial charge in [0.1, 0.15) is 0 Å². The van der Waals surface area contributed by atoms with Gasteiger partial charge in [-0.25, -0.2) is 0 Å². The molecule has 0 unspecified atom stereocenters. The number of rotatable bonds is 9. The Morgan fingerprint density at radius 2 is 1.04 bits per heavy atom. The number of nitrogens with zero attached hydrogens (tertiary/aromatic N) is 4. The summed E-state index contributed by atoms with van der Waals surface area (Å²) in [5, 5.41) is 0. The molecule has 2 heterocycles. The van der Waals surface area contributed by atoms with Gasteiger partial charge < -0.3 is 19.6 Å². The van der Waals surface area contributed by atoms with E-state index in [0.717, 1.165) is 65.3 Å². The van der Waals surface area contributed by atoms with Crippen molar-refractivity contribution in [3.63, 3.8) is 0 Å². The molecule has 6 heteroatoms. The summed E-state index contributed by atoms with van der Waals surface area (Å²) in [5.41, 5.74) is 7.10. The summed E-state index contributed by atoms with van der Waals surface area (Å²) < 4.78 is 0. The predicted octanol–water partition coefficient (Wildman–Crippen LogP) is 10.3. The van der Waals surface area contributed by atoms with Gasteiger partial charge in [0.15, 0.2) is 0 Å². The molecular weight excluding hydrogens is 653 g/mol. The van der Waals surface area contributed by atoms with Crippen LogP contribution in [-0.2, 0) is 22.7 Å². The maximum Gasteiger partial charge on any atom is 0.256 e. The van der Waals surface area contributed by atoms with Gasteiger partial charge in [0.05, 0.1) is 13.1 Å². The van der Waals surface area contributed by atoms with Crippen molar-refractivity contribution in [2.45, 2.75) is 86.9 Å². The standard InChI is InChI=1S/C47H56N4O2/c1-35-19-25-38(26-20-35)48-29-27-46(5,6)41(33-48)43(52)50(39-15-11-9-12-16-39)31-36-21-23-37(24-22-36)32-51(40-17-13-10-14-18-40)44(53)42-34-49(45(2,3)4)30-28-47(42,7)8/h9-26,33-34H,27-32H2,1-8H3. The van der Waals surface area contributed by atoms with Crippen molar-refractivity contribution in [3.05, 3.63) is 149 Å². The minimum Gasteiger partial charge on any atom is -0.372 e. The van der Waals surface area contributed by atoms with Crippen LogP contribution >= 0.6 is 0 Å². The van der Waals surface area contributed by atoms with Crippen molar-refractivity contribution in [1.82, 2.24) is 4.90 Å². The van der Waals surface area contributed by atoms with Crippen LogP contribution in [0.4, 0.5) is 17.1 Å². The topological polar surface area (TPSA) is 47.1 Å². The number of benzene rings is 4. The predicted molar refractivity (Wildman–Crippen MR) is 220 cm³/mol. The van der Waals surface area contributed by atoms with E-state index in [1.54, 1.807) is 0 Å². The quantitative estimate of drug-likeness (QED) is 0.174. The number of carbonyl (C=O) groups excluding carboxylic acids is 2. The minimum absolute atomic E-state index is 0.00982. The van der Waals surface area contributed by atoms with E-state index in [4.69, 9.17) is 0 Å². The lowest BCUT2D eigenvalue weighted by atomic mass is 9.77. The first-order valence-electron chi connectivity index (χ1n) is 19.0. The van der Waals surface area contributed by atoms with Crippen LogP contribution in [0.3, 0.4) is 0 Å². The Balaban J connectivity index is 1.28. The third-order valence-electron chi connectivity index (χ3n) is 11.0. The van der Waals surface area contributed by atoms with Crippen LogP contribution in [-0.4, -0.2) is 35.3 Å². The average Bonchev–Trinajstić information content (AvgIpc) is 3.13. The van der Waals surface area contributed by atoms with Gasteiger partial charge in [-0.1, -0.05) is 106 Å². The van der Waals surface area contributed by atoms with Crippen LogP contribution in [0.5, 0.6) is 0 Å². The molecular formula is C47H56N4O2. The third-order valence-corrected chi connectivity index (χ3v) is 11.0. The van der Waals surface area contributed by atoms with Crippen LogP contribution in [0, 0.1) is 17.8 Å². The molecule has 4 aromatic rings. The van der Waals surface area contributed by atoms with Gasteiger partial charge in [-0.15, -0.1) is 0 Å². The molecule has 0 bridgehead atoms. The maximum atomic E-state index is 14.7. The molecule has 53 heavy (non-hydrogen) atoms. The van der Waals surface area contributed by atoms with Crippen LogP contribution in [0.15, 0.2) is 133 Å². The Morgan fingerprint density at radius 3 is 1.49 bits per heavy atom. The monoisotopic (exact) mass is 708 g/mol. The second kappa shape index (κ2) is 15.1. The van der Waals surface area contributed by atoms with Gasteiger partial charge in [-0.05, 0) is 98.9 Å². The van der Waals surface area contributed by atoms with E-state index in [1.165, 1.54) is 5.56 Å². The SMILES string of the molecule is Cc1ccc(N2C=C(C(=O)N(Cc3ccc(CN(C(=O)C4=CN(C(C)(C)C)CCC4(C)C)c4ccccc4)cc3)c3ccccc3)C(C)(C)CC2)cc1. The first kappa shape index (κ1) is 37.7. The molecule has 4 aromatic carbocycles. The summed E-state index contributed by atoms with van der Waals surface area (Å²) in [4.78, 5) is 37.5. The molecule has 6 nitrogen and oxygen atoms in total. The van der Waals surface area contributed by atoms with Gasteiger partial charge in [0.2, 0.25) is 0 Å². The number of carbonyl (C=O) groups is 2. The Morgan fingerprint density at radius 1 is 0.604 bits per heavy atom. The number of hydrogen-bond donors (Lipinski definition) is 0. The summed E-state index contributed by atoms with van der Waals surface area (Å²) in [6.45, 7) is 20.0. The molecule has 0 saturated carbocycles. The fraction of sp³-hybridized carbons (Fsp3) is 0.362. The molecule has 2 aliphatic heterocycles.